The summed E-state index contributed by atoms with van der Waals surface area (Å²) in [6.07, 6.45) is 0.749. The number of nitro benzene ring substituents is 1. The topological polar surface area (TPSA) is 92.5 Å². The molecule has 0 fully saturated rings. The van der Waals surface area contributed by atoms with Crippen LogP contribution in [0.5, 0.6) is 0 Å². The lowest BCUT2D eigenvalue weighted by molar-refractivity contribution is -0.384. The Balaban J connectivity index is 2.71. The van der Waals surface area contributed by atoms with Gasteiger partial charge in [0.2, 0.25) is 0 Å². The van der Waals surface area contributed by atoms with Crippen molar-refractivity contribution in [2.45, 2.75) is 32.9 Å². The molecule has 0 aliphatic heterocycles. The number of carbonyl (C=O) groups is 1. The fraction of sp³-hybridized carbons (Fsp3) is 0.462. The van der Waals surface area contributed by atoms with Crippen molar-refractivity contribution in [3.63, 3.8) is 0 Å². The first-order valence-corrected chi connectivity index (χ1v) is 6.15. The summed E-state index contributed by atoms with van der Waals surface area (Å²) in [5.74, 6) is -0.907. The number of nitro groups is 1. The van der Waals surface area contributed by atoms with E-state index in [-0.39, 0.29) is 11.6 Å². The molecule has 0 heterocycles. The molecule has 19 heavy (non-hydrogen) atoms. The zero-order valence-electron chi connectivity index (χ0n) is 11.0. The Bertz CT molecular complexity index is 462. The Morgan fingerprint density at radius 3 is 2.74 bits per heavy atom. The summed E-state index contributed by atoms with van der Waals surface area (Å²) in [4.78, 5) is 21.3. The van der Waals surface area contributed by atoms with E-state index in [9.17, 15) is 14.9 Å². The first kappa shape index (κ1) is 15.1. The van der Waals surface area contributed by atoms with Crippen molar-refractivity contribution >= 4 is 11.7 Å². The van der Waals surface area contributed by atoms with Crippen LogP contribution in [0.4, 0.5) is 5.69 Å². The van der Waals surface area contributed by atoms with Gasteiger partial charge in [-0.15, -0.1) is 0 Å². The number of benzene rings is 1. The smallest absolute Gasteiger partial charge is 0.320 e. The lowest BCUT2D eigenvalue weighted by Crippen LogP contribution is -2.41. The molecular formula is C13H18N2O4. The molecular weight excluding hydrogens is 248 g/mol. The van der Waals surface area contributed by atoms with Gasteiger partial charge >= 0.3 is 5.97 Å². The molecule has 0 aromatic heterocycles. The van der Waals surface area contributed by atoms with Crippen molar-refractivity contribution in [2.75, 3.05) is 0 Å². The molecule has 1 aromatic carbocycles. The summed E-state index contributed by atoms with van der Waals surface area (Å²) in [6, 6.07) is 5.53. The Morgan fingerprint density at radius 1 is 1.53 bits per heavy atom. The normalized spacial score (nSPS) is 13.8. The highest BCUT2D eigenvalue weighted by Crippen LogP contribution is 2.14. The first-order valence-electron chi connectivity index (χ1n) is 6.15. The number of non-ortho nitro benzene ring substituents is 1. The van der Waals surface area contributed by atoms with Gasteiger partial charge in [0, 0.05) is 18.7 Å². The number of nitrogens with zero attached hydrogens (tertiary/aromatic N) is 1. The molecule has 6 nitrogen and oxygen atoms in total. The highest BCUT2D eigenvalue weighted by molar-refractivity contribution is 5.73. The van der Waals surface area contributed by atoms with Crippen LogP contribution in [-0.4, -0.2) is 22.0 Å². The van der Waals surface area contributed by atoms with Crippen LogP contribution in [0.2, 0.25) is 0 Å². The Hall–Kier alpha value is -1.95. The second kappa shape index (κ2) is 6.84. The third-order valence-electron chi connectivity index (χ3n) is 3.13. The van der Waals surface area contributed by atoms with Crippen LogP contribution in [0.3, 0.4) is 0 Å². The third-order valence-corrected chi connectivity index (χ3v) is 3.13. The summed E-state index contributed by atoms with van der Waals surface area (Å²) in [5.41, 5.74) is 0.707. The molecule has 0 amide bonds. The lowest BCUT2D eigenvalue weighted by atomic mass is 9.99. The molecule has 0 aliphatic carbocycles. The van der Waals surface area contributed by atoms with E-state index >= 15 is 0 Å². The monoisotopic (exact) mass is 266 g/mol. The number of hydrogen-bond acceptors (Lipinski definition) is 4. The molecule has 0 bridgehead atoms. The number of carboxylic acids is 1. The van der Waals surface area contributed by atoms with E-state index in [2.05, 4.69) is 5.32 Å². The van der Waals surface area contributed by atoms with Gasteiger partial charge in [0.15, 0.2) is 0 Å². The minimum Gasteiger partial charge on any atom is -0.480 e. The summed E-state index contributed by atoms with van der Waals surface area (Å²) in [5, 5.41) is 22.7. The number of rotatable bonds is 7. The molecule has 0 spiro atoms. The molecule has 2 N–H and O–H groups in total. The number of hydrogen-bond donors (Lipinski definition) is 2. The van der Waals surface area contributed by atoms with Crippen LogP contribution < -0.4 is 5.32 Å². The zero-order chi connectivity index (χ0) is 14.4. The van der Waals surface area contributed by atoms with E-state index in [0.29, 0.717) is 12.1 Å². The minimum absolute atomic E-state index is 0.00352. The zero-order valence-corrected chi connectivity index (χ0v) is 11.0. The summed E-state index contributed by atoms with van der Waals surface area (Å²) >= 11 is 0. The maximum absolute atomic E-state index is 11.1. The van der Waals surface area contributed by atoms with Crippen molar-refractivity contribution in [2.24, 2.45) is 5.92 Å². The largest absolute Gasteiger partial charge is 0.480 e. The Labute approximate surface area is 111 Å². The second-order valence-electron chi connectivity index (χ2n) is 4.51. The molecule has 2 atom stereocenters. The van der Waals surface area contributed by atoms with Gasteiger partial charge in [0.1, 0.15) is 6.04 Å². The van der Waals surface area contributed by atoms with Gasteiger partial charge in [-0.25, -0.2) is 0 Å². The van der Waals surface area contributed by atoms with Crippen LogP contribution in [0.15, 0.2) is 24.3 Å². The maximum Gasteiger partial charge on any atom is 0.320 e. The van der Waals surface area contributed by atoms with E-state index in [1.807, 2.05) is 13.8 Å². The van der Waals surface area contributed by atoms with Crippen molar-refractivity contribution in [1.82, 2.24) is 5.32 Å². The Morgan fingerprint density at radius 2 is 2.21 bits per heavy atom. The molecule has 0 radical (unpaired) electrons. The van der Waals surface area contributed by atoms with E-state index in [0.717, 1.165) is 6.42 Å². The van der Waals surface area contributed by atoms with Crippen LogP contribution in [-0.2, 0) is 11.3 Å². The highest BCUT2D eigenvalue weighted by atomic mass is 16.6. The molecule has 0 unspecified atom stereocenters. The number of aliphatic carboxylic acids is 1. The average Bonchev–Trinajstić information content (AvgIpc) is 2.38. The van der Waals surface area contributed by atoms with Crippen molar-refractivity contribution in [3.8, 4) is 0 Å². The number of nitrogens with one attached hydrogen (secondary N) is 1. The van der Waals surface area contributed by atoms with Crippen LogP contribution in [0.1, 0.15) is 25.8 Å². The average molecular weight is 266 g/mol. The van der Waals surface area contributed by atoms with Crippen LogP contribution in [0, 0.1) is 16.0 Å². The molecule has 6 heteroatoms. The maximum atomic E-state index is 11.1. The van der Waals surface area contributed by atoms with E-state index < -0.39 is 16.9 Å². The van der Waals surface area contributed by atoms with Gasteiger partial charge in [-0.2, -0.15) is 0 Å². The fourth-order valence-corrected chi connectivity index (χ4v) is 1.78. The summed E-state index contributed by atoms with van der Waals surface area (Å²) in [7, 11) is 0. The molecule has 104 valence electrons. The highest BCUT2D eigenvalue weighted by Gasteiger charge is 2.22. The second-order valence-corrected chi connectivity index (χ2v) is 4.51. The number of carboxylic acid groups (broad SMARTS) is 1. The quantitative estimate of drug-likeness (QED) is 0.583. The SMILES string of the molecule is CC[C@H](C)[C@H](NCc1cccc([N+](=O)[O-])c1)C(=O)O. The molecule has 1 rings (SSSR count). The lowest BCUT2D eigenvalue weighted by Gasteiger charge is -2.20. The van der Waals surface area contributed by atoms with Gasteiger partial charge in [-0.05, 0) is 11.5 Å². The fourth-order valence-electron chi connectivity index (χ4n) is 1.78. The minimum atomic E-state index is -0.903. The predicted octanol–water partition coefficient (Wildman–Crippen LogP) is 2.18. The summed E-state index contributed by atoms with van der Waals surface area (Å²) in [6.45, 7) is 4.08. The van der Waals surface area contributed by atoms with Crippen molar-refractivity contribution in [1.29, 1.82) is 0 Å². The van der Waals surface area contributed by atoms with E-state index in [1.165, 1.54) is 12.1 Å². The predicted molar refractivity (Wildman–Crippen MR) is 70.8 cm³/mol. The first-order chi connectivity index (χ1) is 8.95. The molecule has 0 saturated carbocycles. The molecule has 1 aromatic rings. The van der Waals surface area contributed by atoms with Crippen molar-refractivity contribution in [3.05, 3.63) is 39.9 Å². The molecule has 0 aliphatic rings. The van der Waals surface area contributed by atoms with Crippen LogP contribution in [0.25, 0.3) is 0 Å². The summed E-state index contributed by atoms with van der Waals surface area (Å²) < 4.78 is 0. The van der Waals surface area contributed by atoms with Gasteiger partial charge in [-0.1, -0.05) is 32.4 Å². The van der Waals surface area contributed by atoms with E-state index in [1.54, 1.807) is 12.1 Å². The van der Waals surface area contributed by atoms with Gasteiger partial charge in [0.05, 0.1) is 4.92 Å². The molecule has 0 saturated heterocycles. The van der Waals surface area contributed by atoms with Crippen LogP contribution >= 0.6 is 0 Å². The van der Waals surface area contributed by atoms with E-state index in [4.69, 9.17) is 5.11 Å². The van der Waals surface area contributed by atoms with Gasteiger partial charge < -0.3 is 10.4 Å². The third kappa shape index (κ3) is 4.33. The van der Waals surface area contributed by atoms with Gasteiger partial charge in [-0.3, -0.25) is 14.9 Å². The van der Waals surface area contributed by atoms with Gasteiger partial charge in [0.25, 0.3) is 5.69 Å². The standard InChI is InChI=1S/C13H18N2O4/c1-3-9(2)12(13(16)17)14-8-10-5-4-6-11(7-10)15(18)19/h4-7,9,12,14H,3,8H2,1-2H3,(H,16,17)/t9-,12-/m0/s1. The van der Waals surface area contributed by atoms with Crippen molar-refractivity contribution < 1.29 is 14.8 Å². The Kier molecular flexibility index (Phi) is 5.44.